The molecule has 0 aromatic carbocycles. The number of piperazine rings is 1. The maximum Gasteiger partial charge on any atom is 0.0108 e. The first kappa shape index (κ1) is 12.9. The molecule has 1 aliphatic rings. The molecule has 3 heteroatoms. The fourth-order valence-corrected chi connectivity index (χ4v) is 2.12. The van der Waals surface area contributed by atoms with Gasteiger partial charge in [0.15, 0.2) is 0 Å². The van der Waals surface area contributed by atoms with Gasteiger partial charge in [0, 0.05) is 39.3 Å². The molecule has 1 fully saturated rings. The van der Waals surface area contributed by atoms with Crippen molar-refractivity contribution in [1.29, 1.82) is 0 Å². The standard InChI is InChI=1S/C12H27N3/c1-3-4-12(2)11-14-7-10-15-8-5-13-6-9-15/h12-14H,3-11H2,1-2H3. The van der Waals surface area contributed by atoms with E-state index in [1.54, 1.807) is 0 Å². The molecule has 0 aromatic rings. The SMILES string of the molecule is CCCC(C)CNCCN1CCNCC1. The van der Waals surface area contributed by atoms with E-state index >= 15 is 0 Å². The Morgan fingerprint density at radius 3 is 2.73 bits per heavy atom. The second-order valence-electron chi connectivity index (χ2n) is 4.69. The number of rotatable bonds is 7. The molecular formula is C12H27N3. The van der Waals surface area contributed by atoms with Crippen LogP contribution in [0, 0.1) is 5.92 Å². The number of nitrogens with zero attached hydrogens (tertiary/aromatic N) is 1. The van der Waals surface area contributed by atoms with Crippen molar-refractivity contribution in [2.45, 2.75) is 26.7 Å². The quantitative estimate of drug-likeness (QED) is 0.616. The second kappa shape index (κ2) is 8.08. The van der Waals surface area contributed by atoms with E-state index < -0.39 is 0 Å². The van der Waals surface area contributed by atoms with E-state index in [1.807, 2.05) is 0 Å². The molecule has 1 rings (SSSR count). The van der Waals surface area contributed by atoms with E-state index in [9.17, 15) is 0 Å². The molecule has 1 unspecified atom stereocenters. The van der Waals surface area contributed by atoms with Crippen LogP contribution in [-0.4, -0.2) is 50.7 Å². The average Bonchev–Trinajstić information content (AvgIpc) is 2.26. The molecule has 0 radical (unpaired) electrons. The Balaban J connectivity index is 1.91. The van der Waals surface area contributed by atoms with E-state index in [-0.39, 0.29) is 0 Å². The lowest BCUT2D eigenvalue weighted by atomic mass is 10.1. The topological polar surface area (TPSA) is 27.3 Å². The van der Waals surface area contributed by atoms with E-state index in [2.05, 4.69) is 29.4 Å². The zero-order valence-corrected chi connectivity index (χ0v) is 10.4. The highest BCUT2D eigenvalue weighted by atomic mass is 15.2. The lowest BCUT2D eigenvalue weighted by Crippen LogP contribution is -2.46. The summed E-state index contributed by atoms with van der Waals surface area (Å²) in [4.78, 5) is 2.54. The fraction of sp³-hybridized carbons (Fsp3) is 1.00. The van der Waals surface area contributed by atoms with Crippen LogP contribution in [0.2, 0.25) is 0 Å². The van der Waals surface area contributed by atoms with Crippen LogP contribution in [0.15, 0.2) is 0 Å². The van der Waals surface area contributed by atoms with Crippen molar-refractivity contribution in [3.05, 3.63) is 0 Å². The zero-order valence-electron chi connectivity index (χ0n) is 10.4. The number of hydrogen-bond donors (Lipinski definition) is 2. The Hall–Kier alpha value is -0.120. The minimum atomic E-state index is 0.832. The Morgan fingerprint density at radius 2 is 2.07 bits per heavy atom. The molecule has 0 aliphatic carbocycles. The van der Waals surface area contributed by atoms with Gasteiger partial charge in [0.05, 0.1) is 0 Å². The van der Waals surface area contributed by atoms with Crippen LogP contribution in [0.5, 0.6) is 0 Å². The predicted molar refractivity (Wildman–Crippen MR) is 66.3 cm³/mol. The maximum absolute atomic E-state index is 3.56. The van der Waals surface area contributed by atoms with Gasteiger partial charge in [0.1, 0.15) is 0 Å². The molecule has 0 amide bonds. The molecule has 0 bridgehead atoms. The minimum absolute atomic E-state index is 0.832. The van der Waals surface area contributed by atoms with Gasteiger partial charge in [0.25, 0.3) is 0 Å². The van der Waals surface area contributed by atoms with Crippen molar-refractivity contribution in [2.75, 3.05) is 45.8 Å². The molecule has 1 aliphatic heterocycles. The van der Waals surface area contributed by atoms with Crippen LogP contribution in [0.3, 0.4) is 0 Å². The van der Waals surface area contributed by atoms with Gasteiger partial charge in [-0.15, -0.1) is 0 Å². The lowest BCUT2D eigenvalue weighted by Gasteiger charge is -2.27. The van der Waals surface area contributed by atoms with Crippen molar-refractivity contribution in [3.8, 4) is 0 Å². The summed E-state index contributed by atoms with van der Waals surface area (Å²) in [6.07, 6.45) is 2.65. The minimum Gasteiger partial charge on any atom is -0.315 e. The van der Waals surface area contributed by atoms with Gasteiger partial charge >= 0.3 is 0 Å². The van der Waals surface area contributed by atoms with Crippen molar-refractivity contribution in [2.24, 2.45) is 5.92 Å². The first-order valence-electron chi connectivity index (χ1n) is 6.46. The van der Waals surface area contributed by atoms with Gasteiger partial charge in [-0.3, -0.25) is 4.90 Å². The predicted octanol–water partition coefficient (Wildman–Crippen LogP) is 0.917. The molecule has 1 saturated heterocycles. The normalized spacial score (nSPS) is 20.4. The average molecular weight is 213 g/mol. The van der Waals surface area contributed by atoms with Gasteiger partial charge in [-0.05, 0) is 18.9 Å². The monoisotopic (exact) mass is 213 g/mol. The van der Waals surface area contributed by atoms with Crippen LogP contribution in [-0.2, 0) is 0 Å². The van der Waals surface area contributed by atoms with Crippen LogP contribution in [0.1, 0.15) is 26.7 Å². The van der Waals surface area contributed by atoms with E-state index in [4.69, 9.17) is 0 Å². The van der Waals surface area contributed by atoms with E-state index in [0.29, 0.717) is 0 Å². The third-order valence-electron chi connectivity index (χ3n) is 3.09. The van der Waals surface area contributed by atoms with Crippen LogP contribution >= 0.6 is 0 Å². The summed E-state index contributed by atoms with van der Waals surface area (Å²) in [6, 6.07) is 0. The summed E-state index contributed by atoms with van der Waals surface area (Å²) < 4.78 is 0. The van der Waals surface area contributed by atoms with Crippen molar-refractivity contribution >= 4 is 0 Å². The lowest BCUT2D eigenvalue weighted by molar-refractivity contribution is 0.239. The summed E-state index contributed by atoms with van der Waals surface area (Å²) in [5, 5.41) is 6.93. The maximum atomic E-state index is 3.56. The van der Waals surface area contributed by atoms with Crippen molar-refractivity contribution in [3.63, 3.8) is 0 Å². The van der Waals surface area contributed by atoms with E-state index in [1.165, 1.54) is 39.0 Å². The molecule has 0 saturated carbocycles. The zero-order chi connectivity index (χ0) is 10.9. The molecule has 0 spiro atoms. The third-order valence-corrected chi connectivity index (χ3v) is 3.09. The Kier molecular flexibility index (Phi) is 6.98. The summed E-state index contributed by atoms with van der Waals surface area (Å²) >= 11 is 0. The molecular weight excluding hydrogens is 186 g/mol. The third kappa shape index (κ3) is 6.13. The van der Waals surface area contributed by atoms with Crippen molar-refractivity contribution < 1.29 is 0 Å². The van der Waals surface area contributed by atoms with Crippen molar-refractivity contribution in [1.82, 2.24) is 15.5 Å². The molecule has 1 heterocycles. The molecule has 90 valence electrons. The second-order valence-corrected chi connectivity index (χ2v) is 4.69. The van der Waals surface area contributed by atoms with Crippen LogP contribution in [0.25, 0.3) is 0 Å². The first-order valence-corrected chi connectivity index (χ1v) is 6.46. The Morgan fingerprint density at radius 1 is 1.33 bits per heavy atom. The fourth-order valence-electron chi connectivity index (χ4n) is 2.12. The highest BCUT2D eigenvalue weighted by Gasteiger charge is 2.08. The van der Waals surface area contributed by atoms with E-state index in [0.717, 1.165) is 25.6 Å². The number of nitrogens with one attached hydrogen (secondary N) is 2. The smallest absolute Gasteiger partial charge is 0.0108 e. The highest BCUT2D eigenvalue weighted by molar-refractivity contribution is 4.68. The summed E-state index contributed by atoms with van der Waals surface area (Å²) in [6.45, 7) is 12.9. The highest BCUT2D eigenvalue weighted by Crippen LogP contribution is 2.02. The molecule has 2 N–H and O–H groups in total. The molecule has 3 nitrogen and oxygen atoms in total. The Bertz CT molecular complexity index is 144. The van der Waals surface area contributed by atoms with Gasteiger partial charge in [0.2, 0.25) is 0 Å². The first-order chi connectivity index (χ1) is 7.33. The summed E-state index contributed by atoms with van der Waals surface area (Å²) in [7, 11) is 0. The van der Waals surface area contributed by atoms with Crippen LogP contribution < -0.4 is 10.6 Å². The van der Waals surface area contributed by atoms with Gasteiger partial charge in [-0.2, -0.15) is 0 Å². The van der Waals surface area contributed by atoms with Gasteiger partial charge < -0.3 is 10.6 Å². The van der Waals surface area contributed by atoms with Crippen LogP contribution in [0.4, 0.5) is 0 Å². The molecule has 15 heavy (non-hydrogen) atoms. The summed E-state index contributed by atoms with van der Waals surface area (Å²) in [5.74, 6) is 0.832. The Labute approximate surface area is 94.6 Å². The largest absolute Gasteiger partial charge is 0.315 e. The van der Waals surface area contributed by atoms with Gasteiger partial charge in [-0.25, -0.2) is 0 Å². The summed E-state index contributed by atoms with van der Waals surface area (Å²) in [5.41, 5.74) is 0. The van der Waals surface area contributed by atoms with Gasteiger partial charge in [-0.1, -0.05) is 20.3 Å². The number of hydrogen-bond acceptors (Lipinski definition) is 3. The molecule has 1 atom stereocenters. The molecule has 0 aromatic heterocycles.